The molecule has 0 spiro atoms. The second kappa shape index (κ2) is 35.1. The van der Waals surface area contributed by atoms with Gasteiger partial charge in [-0.1, -0.05) is 117 Å². The van der Waals surface area contributed by atoms with Crippen LogP contribution in [-0.4, -0.2) is 42.6 Å². The molecule has 0 heterocycles. The number of nitrogens with zero attached hydrogens (tertiary/aromatic N) is 1. The van der Waals surface area contributed by atoms with Crippen LogP contribution in [0.4, 0.5) is 0 Å². The summed E-state index contributed by atoms with van der Waals surface area (Å²) in [6.45, 7) is 15.0. The Bertz CT molecular complexity index is 484. The standard InChI is InChI=1S/C28H60N.C6H10O4.Na/c1-5-9-11-13-15-17-19-21-23-25-27-29(7-3,8-4)28-26-24-22-20-18-16-14-12-10-6-2;7-5(8)3-1-2-4-6(9)10;/h5-28H2,1-4H3;1-4H2,(H,7,8)(H,9,10);/q+1;;+1/p-2. The first kappa shape index (κ1) is 44.3. The summed E-state index contributed by atoms with van der Waals surface area (Å²) in [5.74, 6) is -2.28. The zero-order valence-corrected chi connectivity index (χ0v) is 29.9. The number of unbranched alkanes of at least 4 members (excludes halogenated alkanes) is 19. The Balaban J connectivity index is -0.00000105. The van der Waals surface area contributed by atoms with E-state index in [9.17, 15) is 19.8 Å². The van der Waals surface area contributed by atoms with Gasteiger partial charge in [-0.2, -0.15) is 0 Å². The van der Waals surface area contributed by atoms with Crippen LogP contribution in [0.25, 0.3) is 0 Å². The molecule has 0 aliphatic carbocycles. The molecule has 0 aromatic rings. The molecule has 0 bridgehead atoms. The zero-order chi connectivity index (χ0) is 29.5. The van der Waals surface area contributed by atoms with E-state index in [-0.39, 0.29) is 42.4 Å². The zero-order valence-electron chi connectivity index (χ0n) is 27.9. The number of carboxylic acid groups (broad SMARTS) is 2. The number of quaternary nitrogens is 1. The summed E-state index contributed by atoms with van der Waals surface area (Å²) in [5.41, 5.74) is 0. The van der Waals surface area contributed by atoms with Gasteiger partial charge in [0.25, 0.3) is 0 Å². The Morgan fingerprint density at radius 2 is 0.675 bits per heavy atom. The van der Waals surface area contributed by atoms with E-state index in [2.05, 4.69) is 27.7 Å². The van der Waals surface area contributed by atoms with Crippen LogP contribution in [0.15, 0.2) is 0 Å². The average Bonchev–Trinajstić information content (AvgIpc) is 2.92. The molecule has 5 nitrogen and oxygen atoms in total. The van der Waals surface area contributed by atoms with Gasteiger partial charge in [0.05, 0.1) is 26.2 Å². The van der Waals surface area contributed by atoms with Crippen LogP contribution < -0.4 is 39.8 Å². The summed E-state index contributed by atoms with van der Waals surface area (Å²) in [5, 5.41) is 19.5. The molecule has 0 N–H and O–H groups in total. The molecule has 0 radical (unpaired) electrons. The largest absolute Gasteiger partial charge is 1.00 e. The van der Waals surface area contributed by atoms with Crippen molar-refractivity contribution in [2.75, 3.05) is 26.2 Å². The summed E-state index contributed by atoms with van der Waals surface area (Å²) in [4.78, 5) is 19.5. The summed E-state index contributed by atoms with van der Waals surface area (Å²) >= 11 is 0. The van der Waals surface area contributed by atoms with E-state index in [1.807, 2.05) is 0 Å². The van der Waals surface area contributed by atoms with Gasteiger partial charge in [0.1, 0.15) is 0 Å². The van der Waals surface area contributed by atoms with E-state index in [1.54, 1.807) is 0 Å². The Morgan fingerprint density at radius 3 is 0.900 bits per heavy atom. The summed E-state index contributed by atoms with van der Waals surface area (Å²) in [7, 11) is 0. The van der Waals surface area contributed by atoms with Crippen LogP contribution in [0.1, 0.15) is 182 Å². The number of carbonyl (C=O) groups is 2. The van der Waals surface area contributed by atoms with E-state index in [0.29, 0.717) is 12.8 Å². The van der Waals surface area contributed by atoms with E-state index in [4.69, 9.17) is 0 Å². The topological polar surface area (TPSA) is 80.3 Å². The fourth-order valence-corrected chi connectivity index (χ4v) is 5.38. The van der Waals surface area contributed by atoms with Gasteiger partial charge in [0, 0.05) is 11.9 Å². The first-order valence-corrected chi connectivity index (χ1v) is 17.1. The Hall–Kier alpha value is -0.100. The van der Waals surface area contributed by atoms with Crippen LogP contribution in [0.2, 0.25) is 0 Å². The van der Waals surface area contributed by atoms with Crippen molar-refractivity contribution in [2.24, 2.45) is 0 Å². The molecule has 0 saturated heterocycles. The van der Waals surface area contributed by atoms with Crippen molar-refractivity contribution in [1.29, 1.82) is 0 Å². The maximum Gasteiger partial charge on any atom is 1.00 e. The third-order valence-corrected chi connectivity index (χ3v) is 8.33. The van der Waals surface area contributed by atoms with Crippen LogP contribution in [0, 0.1) is 0 Å². The maximum atomic E-state index is 9.77. The monoisotopic (exact) mass is 578 g/mol. The van der Waals surface area contributed by atoms with Crippen molar-refractivity contribution in [3.63, 3.8) is 0 Å². The van der Waals surface area contributed by atoms with Crippen LogP contribution in [-0.2, 0) is 9.59 Å². The predicted molar refractivity (Wildman–Crippen MR) is 163 cm³/mol. The third kappa shape index (κ3) is 34.1. The van der Waals surface area contributed by atoms with Crippen LogP contribution >= 0.6 is 0 Å². The number of carboxylic acids is 2. The van der Waals surface area contributed by atoms with E-state index in [0.717, 1.165) is 0 Å². The normalized spacial score (nSPS) is 11.0. The predicted octanol–water partition coefficient (Wildman–Crippen LogP) is 4.74. The van der Waals surface area contributed by atoms with Crippen molar-refractivity contribution in [3.8, 4) is 0 Å². The first-order chi connectivity index (χ1) is 18.9. The molecule has 0 aromatic carbocycles. The van der Waals surface area contributed by atoms with Crippen molar-refractivity contribution in [3.05, 3.63) is 0 Å². The van der Waals surface area contributed by atoms with Crippen molar-refractivity contribution in [1.82, 2.24) is 0 Å². The minimum absolute atomic E-state index is 0. The van der Waals surface area contributed by atoms with Gasteiger partial charge in [0.15, 0.2) is 0 Å². The minimum Gasteiger partial charge on any atom is -0.550 e. The van der Waals surface area contributed by atoms with Gasteiger partial charge in [-0.25, -0.2) is 0 Å². The van der Waals surface area contributed by atoms with Gasteiger partial charge in [-0.05, 0) is 65.2 Å². The molecule has 0 saturated carbocycles. The van der Waals surface area contributed by atoms with E-state index < -0.39 is 11.9 Å². The van der Waals surface area contributed by atoms with Gasteiger partial charge >= 0.3 is 29.6 Å². The Kier molecular flexibility index (Phi) is 38.9. The number of hydrogen-bond donors (Lipinski definition) is 0. The van der Waals surface area contributed by atoms with Gasteiger partial charge in [0.2, 0.25) is 0 Å². The molecule has 6 heteroatoms. The molecular formula is C34H68NNaO4. The minimum atomic E-state index is -1.14. The molecule has 0 unspecified atom stereocenters. The molecule has 0 aromatic heterocycles. The fraction of sp³-hybridized carbons (Fsp3) is 0.941. The molecule has 0 amide bonds. The molecular weight excluding hydrogens is 509 g/mol. The van der Waals surface area contributed by atoms with E-state index >= 15 is 0 Å². The molecule has 0 aliphatic heterocycles. The fourth-order valence-electron chi connectivity index (χ4n) is 5.38. The van der Waals surface area contributed by atoms with Crippen molar-refractivity contribution >= 4 is 11.9 Å². The first-order valence-electron chi connectivity index (χ1n) is 17.1. The van der Waals surface area contributed by atoms with Crippen LogP contribution in [0.5, 0.6) is 0 Å². The van der Waals surface area contributed by atoms with Gasteiger partial charge < -0.3 is 24.3 Å². The van der Waals surface area contributed by atoms with Crippen molar-refractivity contribution in [2.45, 2.75) is 182 Å². The number of rotatable bonds is 29. The Morgan fingerprint density at radius 1 is 0.425 bits per heavy atom. The summed E-state index contributed by atoms with van der Waals surface area (Å²) in [6.07, 6.45) is 29.6. The quantitative estimate of drug-likeness (QED) is 0.0731. The van der Waals surface area contributed by atoms with Gasteiger partial charge in [-0.15, -0.1) is 0 Å². The Labute approximate surface area is 272 Å². The molecule has 40 heavy (non-hydrogen) atoms. The smallest absolute Gasteiger partial charge is 0.550 e. The number of aliphatic carboxylic acids is 2. The molecule has 0 rings (SSSR count). The third-order valence-electron chi connectivity index (χ3n) is 8.33. The summed E-state index contributed by atoms with van der Waals surface area (Å²) in [6, 6.07) is 0. The number of carbonyl (C=O) groups excluding carboxylic acids is 2. The molecule has 0 fully saturated rings. The number of hydrogen-bond acceptors (Lipinski definition) is 4. The van der Waals surface area contributed by atoms with E-state index in [1.165, 1.54) is 159 Å². The second-order valence-electron chi connectivity index (χ2n) is 11.7. The molecule has 234 valence electrons. The summed E-state index contributed by atoms with van der Waals surface area (Å²) < 4.78 is 1.38. The van der Waals surface area contributed by atoms with Crippen LogP contribution in [0.3, 0.4) is 0 Å². The SMILES string of the molecule is CCCCCCCCCCCC[N+](CC)(CC)CCCCCCCCCCCC.O=C([O-])CCCCC(=O)[O-].[Na+]. The molecule has 0 atom stereocenters. The maximum absolute atomic E-state index is 9.77. The second-order valence-corrected chi connectivity index (χ2v) is 11.7. The average molecular weight is 578 g/mol. The molecule has 0 aliphatic rings. The van der Waals surface area contributed by atoms with Gasteiger partial charge in [-0.3, -0.25) is 0 Å². The van der Waals surface area contributed by atoms with Crippen molar-refractivity contribution < 1.29 is 53.8 Å².